The zero-order valence-electron chi connectivity index (χ0n) is 22.9. The van der Waals surface area contributed by atoms with Crippen molar-refractivity contribution in [1.29, 1.82) is 0 Å². The van der Waals surface area contributed by atoms with E-state index in [9.17, 15) is 9.59 Å². The van der Waals surface area contributed by atoms with Gasteiger partial charge in [-0.15, -0.1) is 0 Å². The van der Waals surface area contributed by atoms with E-state index in [-0.39, 0.29) is 24.8 Å². The summed E-state index contributed by atoms with van der Waals surface area (Å²) in [7, 11) is 1.53. The third-order valence-electron chi connectivity index (χ3n) is 6.56. The van der Waals surface area contributed by atoms with Gasteiger partial charge < -0.3 is 10.1 Å². The van der Waals surface area contributed by atoms with Gasteiger partial charge in [-0.3, -0.25) is 14.5 Å². The molecule has 1 N–H and O–H groups in total. The van der Waals surface area contributed by atoms with E-state index in [0.29, 0.717) is 51.4 Å². The highest BCUT2D eigenvalue weighted by Crippen LogP contribution is 2.37. The van der Waals surface area contributed by atoms with Gasteiger partial charge in [0.1, 0.15) is 17.9 Å². The molecule has 0 saturated carbocycles. The molecule has 2 amide bonds. The Hall–Kier alpha value is -4.20. The topological polar surface area (TPSA) is 84.4 Å². The van der Waals surface area contributed by atoms with Gasteiger partial charge in [-0.2, -0.15) is 0 Å². The molecule has 9 heteroatoms. The minimum absolute atomic E-state index is 0.0511. The quantitative estimate of drug-likeness (QED) is 0.194. The maximum absolute atomic E-state index is 13.9. The van der Waals surface area contributed by atoms with Gasteiger partial charge in [0.25, 0.3) is 0 Å². The molecule has 1 aromatic heterocycles. The van der Waals surface area contributed by atoms with Crippen LogP contribution in [0.4, 0.5) is 11.5 Å². The molecule has 41 heavy (non-hydrogen) atoms. The third kappa shape index (κ3) is 7.31. The van der Waals surface area contributed by atoms with Crippen molar-refractivity contribution in [1.82, 2.24) is 9.97 Å². The Balaban J connectivity index is 1.69. The number of amides is 2. The summed E-state index contributed by atoms with van der Waals surface area (Å²) in [5.41, 5.74) is 4.47. The van der Waals surface area contributed by atoms with Crippen LogP contribution in [-0.2, 0) is 35.4 Å². The summed E-state index contributed by atoms with van der Waals surface area (Å²) in [6.07, 6.45) is 3.66. The molecule has 0 atom stereocenters. The second-order valence-corrected chi connectivity index (χ2v) is 9.99. The summed E-state index contributed by atoms with van der Waals surface area (Å²) < 4.78 is 5.45. The minimum atomic E-state index is -0.304. The highest BCUT2D eigenvalue weighted by molar-refractivity contribution is 6.37. The molecular weight excluding hydrogens is 559 g/mol. The molecule has 4 aromatic rings. The number of ether oxygens (including phenoxy) is 1. The Morgan fingerprint density at radius 2 is 1.73 bits per heavy atom. The molecule has 4 rings (SSSR count). The first kappa shape index (κ1) is 29.8. The Morgan fingerprint density at radius 1 is 1.00 bits per heavy atom. The lowest BCUT2D eigenvalue weighted by Gasteiger charge is -2.24. The molecule has 0 aliphatic rings. The number of benzene rings is 3. The summed E-state index contributed by atoms with van der Waals surface area (Å²) in [4.78, 5) is 36.4. The molecule has 210 valence electrons. The van der Waals surface area contributed by atoms with Gasteiger partial charge in [0.05, 0.1) is 30.8 Å². The summed E-state index contributed by atoms with van der Waals surface area (Å²) in [6.45, 7) is 5.78. The molecule has 0 bridgehead atoms. The molecule has 0 spiro atoms. The van der Waals surface area contributed by atoms with E-state index in [1.54, 1.807) is 17.0 Å². The highest BCUT2D eigenvalue weighted by atomic mass is 35.5. The van der Waals surface area contributed by atoms with Crippen molar-refractivity contribution in [2.75, 3.05) is 17.3 Å². The Kier molecular flexibility index (Phi) is 10.1. The zero-order valence-corrected chi connectivity index (χ0v) is 24.4. The zero-order chi connectivity index (χ0) is 29.4. The SMILES string of the molecule is C=CC(=O)Nc1ccccc1Cc1cc(N(Cc2ccccc2)C(=O)Cc2c(Cl)c(CC)cc(OC)c2Cl)ncn1. The van der Waals surface area contributed by atoms with Gasteiger partial charge >= 0.3 is 0 Å². The van der Waals surface area contributed by atoms with Crippen molar-refractivity contribution in [2.45, 2.75) is 32.7 Å². The number of hydrogen-bond donors (Lipinski definition) is 1. The third-order valence-corrected chi connectivity index (χ3v) is 7.45. The molecule has 0 radical (unpaired) electrons. The Morgan fingerprint density at radius 3 is 2.44 bits per heavy atom. The number of methoxy groups -OCH3 is 1. The van der Waals surface area contributed by atoms with Crippen molar-refractivity contribution in [3.05, 3.63) is 124 Å². The number of hydrogen-bond acceptors (Lipinski definition) is 5. The first-order valence-electron chi connectivity index (χ1n) is 13.0. The van der Waals surface area contributed by atoms with E-state index in [1.165, 1.54) is 19.5 Å². The average Bonchev–Trinajstić information content (AvgIpc) is 2.99. The smallest absolute Gasteiger partial charge is 0.247 e. The lowest BCUT2D eigenvalue weighted by Crippen LogP contribution is -2.33. The number of carbonyl (C=O) groups excluding carboxylic acids is 2. The van der Waals surface area contributed by atoms with Gasteiger partial charge in [-0.25, -0.2) is 9.97 Å². The van der Waals surface area contributed by atoms with Gasteiger partial charge in [0, 0.05) is 28.8 Å². The number of carbonyl (C=O) groups is 2. The minimum Gasteiger partial charge on any atom is -0.495 e. The molecular formula is C32H30Cl2N4O3. The van der Waals surface area contributed by atoms with Crippen LogP contribution in [0.5, 0.6) is 5.75 Å². The monoisotopic (exact) mass is 588 g/mol. The van der Waals surface area contributed by atoms with Gasteiger partial charge in [-0.1, -0.05) is 85.2 Å². The van der Waals surface area contributed by atoms with E-state index >= 15 is 0 Å². The Labute approximate surface area is 249 Å². The largest absolute Gasteiger partial charge is 0.495 e. The summed E-state index contributed by atoms with van der Waals surface area (Å²) >= 11 is 13.3. The lowest BCUT2D eigenvalue weighted by atomic mass is 10.0. The second-order valence-electron chi connectivity index (χ2n) is 9.24. The number of nitrogens with one attached hydrogen (secondary N) is 1. The van der Waals surface area contributed by atoms with Crippen LogP contribution in [0.3, 0.4) is 0 Å². The molecule has 0 aliphatic carbocycles. The predicted octanol–water partition coefficient (Wildman–Crippen LogP) is 6.85. The van der Waals surface area contributed by atoms with Crippen LogP contribution in [0.15, 0.2) is 85.7 Å². The summed E-state index contributed by atoms with van der Waals surface area (Å²) in [6, 6.07) is 20.7. The standard InChI is InChI=1S/C32H30Cl2N4O3/c1-4-22-16-27(41-3)32(34)25(31(22)33)18-30(40)38(19-21-11-7-6-8-12-21)28-17-24(35-20-36-28)15-23-13-9-10-14-26(23)37-29(39)5-2/h5-14,16-17,20H,2,4,15,18-19H2,1,3H3,(H,37,39). The second kappa shape index (κ2) is 13.9. The fraction of sp³-hybridized carbons (Fsp3) is 0.188. The summed E-state index contributed by atoms with van der Waals surface area (Å²) in [5.74, 6) is 0.358. The Bertz CT molecular complexity index is 1530. The van der Waals surface area contributed by atoms with E-state index in [4.69, 9.17) is 27.9 Å². The molecule has 0 fully saturated rings. The van der Waals surface area contributed by atoms with Gasteiger partial charge in [0.15, 0.2) is 0 Å². The molecule has 1 heterocycles. The van der Waals surface area contributed by atoms with E-state index in [1.807, 2.05) is 61.5 Å². The lowest BCUT2D eigenvalue weighted by molar-refractivity contribution is -0.118. The maximum Gasteiger partial charge on any atom is 0.247 e. The normalized spacial score (nSPS) is 10.6. The molecule has 0 aliphatic heterocycles. The number of nitrogens with zero attached hydrogens (tertiary/aromatic N) is 3. The number of aryl methyl sites for hydroxylation is 1. The average molecular weight is 590 g/mol. The van der Waals surface area contributed by atoms with Crippen molar-refractivity contribution in [2.24, 2.45) is 0 Å². The van der Waals surface area contributed by atoms with Crippen molar-refractivity contribution >= 4 is 46.5 Å². The predicted molar refractivity (Wildman–Crippen MR) is 164 cm³/mol. The van der Waals surface area contributed by atoms with Crippen LogP contribution in [0.2, 0.25) is 10.0 Å². The number of halogens is 2. The number of rotatable bonds is 11. The molecule has 3 aromatic carbocycles. The van der Waals surface area contributed by atoms with Crippen molar-refractivity contribution in [3.63, 3.8) is 0 Å². The molecule has 7 nitrogen and oxygen atoms in total. The maximum atomic E-state index is 13.9. The van der Waals surface area contributed by atoms with Gasteiger partial charge in [0.2, 0.25) is 11.8 Å². The number of aromatic nitrogens is 2. The van der Waals surface area contributed by atoms with E-state index in [0.717, 1.165) is 16.7 Å². The molecule has 0 saturated heterocycles. The number of anilines is 2. The van der Waals surface area contributed by atoms with E-state index in [2.05, 4.69) is 21.9 Å². The van der Waals surface area contributed by atoms with Crippen LogP contribution >= 0.6 is 23.2 Å². The number of para-hydroxylation sites is 1. The van der Waals surface area contributed by atoms with Gasteiger partial charge in [-0.05, 0) is 41.3 Å². The van der Waals surface area contributed by atoms with Crippen LogP contribution < -0.4 is 15.0 Å². The fourth-order valence-electron chi connectivity index (χ4n) is 4.40. The first-order chi connectivity index (χ1) is 19.8. The first-order valence-corrected chi connectivity index (χ1v) is 13.8. The van der Waals surface area contributed by atoms with Crippen LogP contribution in [0.1, 0.15) is 34.9 Å². The van der Waals surface area contributed by atoms with Crippen LogP contribution in [0, 0.1) is 0 Å². The van der Waals surface area contributed by atoms with Crippen molar-refractivity contribution < 1.29 is 14.3 Å². The highest BCUT2D eigenvalue weighted by Gasteiger charge is 2.24. The fourth-order valence-corrected chi connectivity index (χ4v) is 5.09. The van der Waals surface area contributed by atoms with Crippen LogP contribution in [0.25, 0.3) is 0 Å². The van der Waals surface area contributed by atoms with Crippen LogP contribution in [-0.4, -0.2) is 28.9 Å². The summed E-state index contributed by atoms with van der Waals surface area (Å²) in [5, 5.41) is 3.59. The molecule has 0 unspecified atom stereocenters. The van der Waals surface area contributed by atoms with Crippen molar-refractivity contribution in [3.8, 4) is 5.75 Å². The van der Waals surface area contributed by atoms with E-state index < -0.39 is 0 Å².